The molecule has 3 rings (SSSR count). The minimum atomic E-state index is -1.74. The Bertz CT molecular complexity index is 966. The van der Waals surface area contributed by atoms with Crippen LogP contribution in [0.2, 0.25) is 18.1 Å². The van der Waals surface area contributed by atoms with Crippen molar-refractivity contribution in [2.45, 2.75) is 38.9 Å². The number of hydrogen-bond donors (Lipinski definition) is 1. The summed E-state index contributed by atoms with van der Waals surface area (Å²) < 4.78 is 12.1. The van der Waals surface area contributed by atoms with Crippen molar-refractivity contribution >= 4 is 25.0 Å². The molecule has 0 bridgehead atoms. The van der Waals surface area contributed by atoms with Gasteiger partial charge in [0.2, 0.25) is 0 Å². The Morgan fingerprint density at radius 3 is 2.34 bits per heavy atom. The number of hydrogen-bond acceptors (Lipinski definition) is 5. The number of nitrogens with zero attached hydrogens (tertiary/aromatic N) is 2. The molecule has 6 heteroatoms. The average molecular weight is 410 g/mol. The number of ether oxygens (including phenoxy) is 1. The molecule has 0 aliphatic carbocycles. The largest absolute Gasteiger partial charge is 0.491 e. The molecule has 29 heavy (non-hydrogen) atoms. The SMILES string of the molecule is CNc1ccc(-c2cnc3cc(OCCO[Si](C)(C)C(C)(C)C)ccc3n2)cc1. The van der Waals surface area contributed by atoms with Crippen LogP contribution in [0.25, 0.3) is 22.3 Å². The van der Waals surface area contributed by atoms with E-state index in [4.69, 9.17) is 14.1 Å². The van der Waals surface area contributed by atoms with Crippen LogP contribution in [0.4, 0.5) is 5.69 Å². The third-order valence-electron chi connectivity index (χ3n) is 5.60. The number of benzene rings is 2. The zero-order valence-electron chi connectivity index (χ0n) is 18.2. The molecule has 1 aromatic heterocycles. The smallest absolute Gasteiger partial charge is 0.192 e. The predicted octanol–water partition coefficient (Wildman–Crippen LogP) is 5.74. The molecule has 3 aromatic rings. The van der Waals surface area contributed by atoms with E-state index >= 15 is 0 Å². The van der Waals surface area contributed by atoms with Crippen LogP contribution in [-0.4, -0.2) is 38.5 Å². The molecule has 0 aliphatic rings. The Morgan fingerprint density at radius 2 is 1.69 bits per heavy atom. The van der Waals surface area contributed by atoms with Gasteiger partial charge in [-0.05, 0) is 42.4 Å². The summed E-state index contributed by atoms with van der Waals surface area (Å²) in [6.45, 7) is 12.4. The summed E-state index contributed by atoms with van der Waals surface area (Å²) >= 11 is 0. The van der Waals surface area contributed by atoms with Crippen molar-refractivity contribution in [1.82, 2.24) is 9.97 Å². The molecule has 2 aromatic carbocycles. The number of anilines is 1. The fourth-order valence-electron chi connectivity index (χ4n) is 2.70. The fraction of sp³-hybridized carbons (Fsp3) is 0.391. The van der Waals surface area contributed by atoms with Crippen LogP contribution in [0.1, 0.15) is 20.8 Å². The first-order valence-corrected chi connectivity index (χ1v) is 12.9. The molecule has 1 heterocycles. The first-order valence-electron chi connectivity index (χ1n) is 10.0. The van der Waals surface area contributed by atoms with Crippen molar-refractivity contribution in [2.75, 3.05) is 25.6 Å². The summed E-state index contributed by atoms with van der Waals surface area (Å²) in [4.78, 5) is 9.32. The highest BCUT2D eigenvalue weighted by atomic mass is 28.4. The van der Waals surface area contributed by atoms with Gasteiger partial charge in [-0.1, -0.05) is 32.9 Å². The molecular weight excluding hydrogens is 378 g/mol. The van der Waals surface area contributed by atoms with E-state index < -0.39 is 8.32 Å². The van der Waals surface area contributed by atoms with Gasteiger partial charge in [-0.2, -0.15) is 0 Å². The zero-order valence-corrected chi connectivity index (χ0v) is 19.2. The monoisotopic (exact) mass is 409 g/mol. The average Bonchev–Trinajstić information content (AvgIpc) is 2.70. The van der Waals surface area contributed by atoms with Gasteiger partial charge >= 0.3 is 0 Å². The molecule has 0 amide bonds. The van der Waals surface area contributed by atoms with Gasteiger partial charge in [-0.15, -0.1) is 0 Å². The molecule has 0 saturated heterocycles. The molecule has 1 N–H and O–H groups in total. The van der Waals surface area contributed by atoms with Gasteiger partial charge in [0.05, 0.1) is 29.5 Å². The van der Waals surface area contributed by atoms with Crippen LogP contribution in [0.15, 0.2) is 48.7 Å². The van der Waals surface area contributed by atoms with Crippen LogP contribution >= 0.6 is 0 Å². The van der Waals surface area contributed by atoms with E-state index in [1.54, 1.807) is 6.20 Å². The predicted molar refractivity (Wildman–Crippen MR) is 123 cm³/mol. The van der Waals surface area contributed by atoms with E-state index in [1.165, 1.54) is 0 Å². The lowest BCUT2D eigenvalue weighted by Gasteiger charge is -2.36. The van der Waals surface area contributed by atoms with Gasteiger partial charge in [0.15, 0.2) is 8.32 Å². The second-order valence-electron chi connectivity index (χ2n) is 8.69. The van der Waals surface area contributed by atoms with Gasteiger partial charge in [0.25, 0.3) is 0 Å². The lowest BCUT2D eigenvalue weighted by molar-refractivity contribution is 0.203. The molecule has 0 fully saturated rings. The standard InChI is InChI=1S/C23H31N3O2Si/c1-23(2,3)29(5,6)28-14-13-27-19-11-12-20-21(15-19)25-16-22(26-20)17-7-9-18(24-4)10-8-17/h7-12,15-16,24H,13-14H2,1-6H3. The van der Waals surface area contributed by atoms with Gasteiger partial charge in [0.1, 0.15) is 12.4 Å². The second-order valence-corrected chi connectivity index (χ2v) is 13.5. The van der Waals surface area contributed by atoms with E-state index in [0.29, 0.717) is 13.2 Å². The van der Waals surface area contributed by atoms with E-state index in [0.717, 1.165) is 33.7 Å². The number of nitrogens with one attached hydrogen (secondary N) is 1. The summed E-state index contributed by atoms with van der Waals surface area (Å²) in [5, 5.41) is 3.33. The maximum atomic E-state index is 6.17. The normalized spacial score (nSPS) is 12.2. The summed E-state index contributed by atoms with van der Waals surface area (Å²) in [6.07, 6.45) is 1.81. The third kappa shape index (κ3) is 5.13. The Balaban J connectivity index is 1.64. The fourth-order valence-corrected chi connectivity index (χ4v) is 3.73. The quantitative estimate of drug-likeness (QED) is 0.398. The highest BCUT2D eigenvalue weighted by Gasteiger charge is 2.36. The Labute approximate surface area is 174 Å². The maximum absolute atomic E-state index is 6.17. The summed E-state index contributed by atoms with van der Waals surface area (Å²) in [6, 6.07) is 14.0. The molecule has 0 atom stereocenters. The van der Waals surface area contributed by atoms with Crippen molar-refractivity contribution in [3.05, 3.63) is 48.7 Å². The minimum absolute atomic E-state index is 0.205. The molecular formula is C23H31N3O2Si. The number of rotatable bonds is 7. The van der Waals surface area contributed by atoms with Crippen LogP contribution in [0.3, 0.4) is 0 Å². The lowest BCUT2D eigenvalue weighted by atomic mass is 10.1. The second kappa shape index (κ2) is 8.51. The Hall–Kier alpha value is -2.44. The molecule has 0 saturated carbocycles. The van der Waals surface area contributed by atoms with Crippen molar-refractivity contribution in [3.8, 4) is 17.0 Å². The van der Waals surface area contributed by atoms with Crippen LogP contribution in [0, 0.1) is 0 Å². The Morgan fingerprint density at radius 1 is 0.966 bits per heavy atom. The zero-order chi connectivity index (χ0) is 21.1. The molecule has 154 valence electrons. The minimum Gasteiger partial charge on any atom is -0.491 e. The van der Waals surface area contributed by atoms with Crippen LogP contribution in [-0.2, 0) is 4.43 Å². The molecule has 0 aliphatic heterocycles. The third-order valence-corrected chi connectivity index (χ3v) is 10.1. The van der Waals surface area contributed by atoms with Crippen molar-refractivity contribution in [1.29, 1.82) is 0 Å². The van der Waals surface area contributed by atoms with E-state index in [1.807, 2.05) is 49.5 Å². The molecule has 0 spiro atoms. The van der Waals surface area contributed by atoms with Crippen molar-refractivity contribution in [3.63, 3.8) is 0 Å². The number of fused-ring (bicyclic) bond motifs is 1. The summed E-state index contributed by atoms with van der Waals surface area (Å²) in [7, 11) is 0.169. The van der Waals surface area contributed by atoms with Crippen molar-refractivity contribution in [2.24, 2.45) is 0 Å². The topological polar surface area (TPSA) is 56.3 Å². The lowest BCUT2D eigenvalue weighted by Crippen LogP contribution is -2.41. The molecule has 0 unspecified atom stereocenters. The van der Waals surface area contributed by atoms with Crippen LogP contribution < -0.4 is 10.1 Å². The van der Waals surface area contributed by atoms with Gasteiger partial charge < -0.3 is 14.5 Å². The highest BCUT2D eigenvalue weighted by Crippen LogP contribution is 2.36. The van der Waals surface area contributed by atoms with Gasteiger partial charge in [-0.3, -0.25) is 4.98 Å². The summed E-state index contributed by atoms with van der Waals surface area (Å²) in [5.41, 5.74) is 4.65. The van der Waals surface area contributed by atoms with Gasteiger partial charge in [0, 0.05) is 24.4 Å². The first kappa shape index (κ1) is 21.3. The maximum Gasteiger partial charge on any atom is 0.192 e. The summed E-state index contributed by atoms with van der Waals surface area (Å²) in [5.74, 6) is 0.789. The highest BCUT2D eigenvalue weighted by molar-refractivity contribution is 6.74. The van der Waals surface area contributed by atoms with E-state index in [9.17, 15) is 0 Å². The van der Waals surface area contributed by atoms with Crippen LogP contribution in [0.5, 0.6) is 5.75 Å². The molecule has 0 radical (unpaired) electrons. The van der Waals surface area contributed by atoms with Gasteiger partial charge in [-0.25, -0.2) is 4.98 Å². The van der Waals surface area contributed by atoms with Crippen molar-refractivity contribution < 1.29 is 9.16 Å². The number of aromatic nitrogens is 2. The first-order chi connectivity index (χ1) is 13.7. The Kier molecular flexibility index (Phi) is 6.24. The van der Waals surface area contributed by atoms with E-state index in [-0.39, 0.29) is 5.04 Å². The molecule has 5 nitrogen and oxygen atoms in total. The van der Waals surface area contributed by atoms with E-state index in [2.05, 4.69) is 44.2 Å².